The van der Waals surface area contributed by atoms with Crippen LogP contribution in [0.3, 0.4) is 0 Å². The summed E-state index contributed by atoms with van der Waals surface area (Å²) in [5.74, 6) is 0. The van der Waals surface area contributed by atoms with Crippen LogP contribution < -0.4 is 5.56 Å². The molecule has 1 aliphatic rings. The standard InChI is InChI=1S/C19H15N3OS/c23-19-16-14-7-2-8-15(14)24-18(16)21-11-22(19)10-13-5-1-4-12-6-3-9-20-17(12)13/h1,3-6,9,11H,2,7-8,10H2. The molecule has 0 N–H and O–H groups in total. The Morgan fingerprint density at radius 2 is 2.04 bits per heavy atom. The summed E-state index contributed by atoms with van der Waals surface area (Å²) in [6.07, 6.45) is 6.72. The smallest absolute Gasteiger partial charge is 0.262 e. The molecule has 3 aromatic heterocycles. The minimum Gasteiger partial charge on any atom is -0.294 e. The lowest BCUT2D eigenvalue weighted by atomic mass is 10.1. The number of pyridine rings is 1. The highest BCUT2D eigenvalue weighted by Gasteiger charge is 2.21. The molecule has 4 nitrogen and oxygen atoms in total. The molecule has 0 unspecified atom stereocenters. The van der Waals surface area contributed by atoms with Crippen molar-refractivity contribution in [3.05, 3.63) is 69.2 Å². The van der Waals surface area contributed by atoms with E-state index in [0.717, 1.165) is 45.9 Å². The molecule has 5 rings (SSSR count). The number of benzene rings is 1. The molecule has 5 heteroatoms. The van der Waals surface area contributed by atoms with Gasteiger partial charge in [-0.3, -0.25) is 14.3 Å². The van der Waals surface area contributed by atoms with Gasteiger partial charge in [-0.25, -0.2) is 4.98 Å². The summed E-state index contributed by atoms with van der Waals surface area (Å²) in [6.45, 7) is 0.501. The zero-order valence-electron chi connectivity index (χ0n) is 13.0. The number of rotatable bonds is 2. The third kappa shape index (κ3) is 2.01. The summed E-state index contributed by atoms with van der Waals surface area (Å²) in [7, 11) is 0. The lowest BCUT2D eigenvalue weighted by molar-refractivity contribution is 0.751. The number of hydrogen-bond acceptors (Lipinski definition) is 4. The molecule has 0 saturated carbocycles. The van der Waals surface area contributed by atoms with Crippen molar-refractivity contribution in [1.29, 1.82) is 0 Å². The van der Waals surface area contributed by atoms with Crippen LogP contribution >= 0.6 is 11.3 Å². The van der Waals surface area contributed by atoms with Gasteiger partial charge in [-0.2, -0.15) is 0 Å². The van der Waals surface area contributed by atoms with E-state index in [1.807, 2.05) is 30.3 Å². The fourth-order valence-electron chi connectivity index (χ4n) is 3.61. The van der Waals surface area contributed by atoms with Crippen molar-refractivity contribution in [3.63, 3.8) is 0 Å². The number of aryl methyl sites for hydroxylation is 2. The molecular weight excluding hydrogens is 318 g/mol. The molecule has 1 aromatic carbocycles. The van der Waals surface area contributed by atoms with Crippen LogP contribution in [-0.2, 0) is 19.4 Å². The van der Waals surface area contributed by atoms with Crippen molar-refractivity contribution in [1.82, 2.24) is 14.5 Å². The quantitative estimate of drug-likeness (QED) is 0.564. The van der Waals surface area contributed by atoms with Crippen LogP contribution in [0.1, 0.15) is 22.4 Å². The van der Waals surface area contributed by atoms with Crippen LogP contribution in [0.15, 0.2) is 47.7 Å². The van der Waals surface area contributed by atoms with E-state index in [9.17, 15) is 4.79 Å². The van der Waals surface area contributed by atoms with E-state index in [1.165, 1.54) is 10.4 Å². The Balaban J connectivity index is 1.67. The lowest BCUT2D eigenvalue weighted by Gasteiger charge is -2.08. The van der Waals surface area contributed by atoms with E-state index in [0.29, 0.717) is 6.54 Å². The highest BCUT2D eigenvalue weighted by molar-refractivity contribution is 7.18. The number of para-hydroxylation sites is 1. The second-order valence-corrected chi connectivity index (χ2v) is 7.29. The molecule has 4 aromatic rings. The van der Waals surface area contributed by atoms with Gasteiger partial charge in [0.1, 0.15) is 4.83 Å². The van der Waals surface area contributed by atoms with E-state index in [1.54, 1.807) is 28.4 Å². The monoisotopic (exact) mass is 333 g/mol. The van der Waals surface area contributed by atoms with Gasteiger partial charge in [0, 0.05) is 16.5 Å². The number of thiophene rings is 1. The molecule has 0 aliphatic heterocycles. The fourth-order valence-corrected chi connectivity index (χ4v) is 4.83. The molecule has 3 heterocycles. The maximum atomic E-state index is 13.0. The van der Waals surface area contributed by atoms with Gasteiger partial charge in [-0.15, -0.1) is 11.3 Å². The Hall–Kier alpha value is -2.53. The van der Waals surface area contributed by atoms with Crippen molar-refractivity contribution >= 4 is 32.5 Å². The van der Waals surface area contributed by atoms with E-state index < -0.39 is 0 Å². The predicted molar refractivity (Wildman–Crippen MR) is 96.8 cm³/mol. The van der Waals surface area contributed by atoms with Crippen LogP contribution in [0.25, 0.3) is 21.1 Å². The highest BCUT2D eigenvalue weighted by Crippen LogP contribution is 2.34. The van der Waals surface area contributed by atoms with E-state index in [4.69, 9.17) is 0 Å². The van der Waals surface area contributed by atoms with E-state index in [-0.39, 0.29) is 5.56 Å². The van der Waals surface area contributed by atoms with Crippen LogP contribution in [0.5, 0.6) is 0 Å². The van der Waals surface area contributed by atoms with Gasteiger partial charge in [0.25, 0.3) is 5.56 Å². The first-order chi connectivity index (χ1) is 11.8. The maximum Gasteiger partial charge on any atom is 0.262 e. The van der Waals surface area contributed by atoms with Gasteiger partial charge >= 0.3 is 0 Å². The van der Waals surface area contributed by atoms with Crippen molar-refractivity contribution in [2.45, 2.75) is 25.8 Å². The summed E-state index contributed by atoms with van der Waals surface area (Å²) in [5.41, 5.74) is 3.30. The van der Waals surface area contributed by atoms with Crippen LogP contribution in [0, 0.1) is 0 Å². The summed E-state index contributed by atoms with van der Waals surface area (Å²) in [6, 6.07) is 10.1. The molecule has 0 spiro atoms. The fraction of sp³-hybridized carbons (Fsp3) is 0.211. The second-order valence-electron chi connectivity index (χ2n) is 6.21. The van der Waals surface area contributed by atoms with Crippen molar-refractivity contribution in [3.8, 4) is 0 Å². The Bertz CT molecular complexity index is 1140. The second kappa shape index (κ2) is 5.24. The third-order valence-corrected chi connectivity index (χ3v) is 5.95. The van der Waals surface area contributed by atoms with Crippen molar-refractivity contribution in [2.75, 3.05) is 0 Å². The Labute approximate surface area is 142 Å². The first-order valence-corrected chi connectivity index (χ1v) is 8.95. The highest BCUT2D eigenvalue weighted by atomic mass is 32.1. The molecule has 24 heavy (non-hydrogen) atoms. The largest absolute Gasteiger partial charge is 0.294 e. The summed E-state index contributed by atoms with van der Waals surface area (Å²) >= 11 is 1.68. The molecule has 0 saturated heterocycles. The summed E-state index contributed by atoms with van der Waals surface area (Å²) in [4.78, 5) is 24.3. The Morgan fingerprint density at radius 3 is 3.00 bits per heavy atom. The molecule has 0 radical (unpaired) electrons. The van der Waals surface area contributed by atoms with Crippen LogP contribution in [-0.4, -0.2) is 14.5 Å². The topological polar surface area (TPSA) is 47.8 Å². The molecule has 0 atom stereocenters. The minimum absolute atomic E-state index is 0.0762. The predicted octanol–water partition coefficient (Wildman–Crippen LogP) is 3.54. The number of nitrogens with zero attached hydrogens (tertiary/aromatic N) is 3. The average Bonchev–Trinajstić information content (AvgIpc) is 3.18. The van der Waals surface area contributed by atoms with E-state index in [2.05, 4.69) is 9.97 Å². The van der Waals surface area contributed by atoms with E-state index >= 15 is 0 Å². The van der Waals surface area contributed by atoms with Gasteiger partial charge < -0.3 is 0 Å². The van der Waals surface area contributed by atoms with Gasteiger partial charge in [-0.1, -0.05) is 24.3 Å². The molecule has 1 aliphatic carbocycles. The Morgan fingerprint density at radius 1 is 1.12 bits per heavy atom. The number of aromatic nitrogens is 3. The van der Waals surface area contributed by atoms with Gasteiger partial charge in [0.15, 0.2) is 0 Å². The molecular formula is C19H15N3OS. The van der Waals surface area contributed by atoms with Gasteiger partial charge in [-0.05, 0) is 36.5 Å². The Kier molecular flexibility index (Phi) is 3.03. The minimum atomic E-state index is 0.0762. The normalized spacial score (nSPS) is 13.7. The SMILES string of the molecule is O=c1c2c3c(sc2ncn1Cc1cccc2cccnc12)CCC3. The molecule has 118 valence electrons. The summed E-state index contributed by atoms with van der Waals surface area (Å²) < 4.78 is 1.72. The first-order valence-electron chi connectivity index (χ1n) is 8.13. The number of hydrogen-bond donors (Lipinski definition) is 0. The van der Waals surface area contributed by atoms with Gasteiger partial charge in [0.2, 0.25) is 0 Å². The molecule has 0 fully saturated rings. The molecule has 0 bridgehead atoms. The number of fused-ring (bicyclic) bond motifs is 4. The van der Waals surface area contributed by atoms with Crippen molar-refractivity contribution in [2.24, 2.45) is 0 Å². The zero-order chi connectivity index (χ0) is 16.1. The van der Waals surface area contributed by atoms with Crippen LogP contribution in [0.2, 0.25) is 0 Å². The van der Waals surface area contributed by atoms with Crippen molar-refractivity contribution < 1.29 is 0 Å². The third-order valence-electron chi connectivity index (χ3n) is 4.75. The average molecular weight is 333 g/mol. The first kappa shape index (κ1) is 13.9. The zero-order valence-corrected chi connectivity index (χ0v) is 13.8. The maximum absolute atomic E-state index is 13.0. The summed E-state index contributed by atoms with van der Waals surface area (Å²) in [5, 5.41) is 1.93. The van der Waals surface area contributed by atoms with Gasteiger partial charge in [0.05, 0.1) is 23.8 Å². The van der Waals surface area contributed by atoms with Crippen LogP contribution in [0.4, 0.5) is 0 Å². The lowest BCUT2D eigenvalue weighted by Crippen LogP contribution is -2.21. The molecule has 0 amide bonds.